The van der Waals surface area contributed by atoms with E-state index in [1.165, 1.54) is 10.3 Å². The molecule has 4 aromatic rings. The summed E-state index contributed by atoms with van der Waals surface area (Å²) in [6.45, 7) is 6.08. The van der Waals surface area contributed by atoms with Gasteiger partial charge in [0.25, 0.3) is 5.91 Å². The molecule has 0 spiro atoms. The zero-order chi connectivity index (χ0) is 21.3. The number of amides is 1. The van der Waals surface area contributed by atoms with Crippen molar-refractivity contribution >= 4 is 50.5 Å². The minimum Gasteiger partial charge on any atom is -0.332 e. The van der Waals surface area contributed by atoms with Crippen LogP contribution < -0.4 is 10.6 Å². The summed E-state index contributed by atoms with van der Waals surface area (Å²) in [6.07, 6.45) is 0. The third kappa shape index (κ3) is 4.40. The Morgan fingerprint density at radius 1 is 0.933 bits per heavy atom. The van der Waals surface area contributed by atoms with Crippen LogP contribution in [0, 0.1) is 20.8 Å². The van der Waals surface area contributed by atoms with E-state index in [9.17, 15) is 4.79 Å². The summed E-state index contributed by atoms with van der Waals surface area (Å²) >= 11 is 6.98. The van der Waals surface area contributed by atoms with Crippen molar-refractivity contribution in [1.29, 1.82) is 0 Å². The van der Waals surface area contributed by atoms with Crippen LogP contribution in [0.5, 0.6) is 0 Å². The molecule has 4 rings (SSSR count). The van der Waals surface area contributed by atoms with E-state index in [2.05, 4.69) is 35.8 Å². The van der Waals surface area contributed by atoms with Crippen molar-refractivity contribution in [1.82, 2.24) is 10.3 Å². The number of nitrogens with zero attached hydrogens (tertiary/aromatic N) is 1. The number of thiocarbonyl (C=S) groups is 1. The molecule has 150 valence electrons. The molecule has 0 aliphatic carbocycles. The number of aryl methyl sites for hydroxylation is 3. The monoisotopic (exact) mass is 431 g/mol. The molecule has 30 heavy (non-hydrogen) atoms. The topological polar surface area (TPSA) is 54.0 Å². The molecule has 0 radical (unpaired) electrons. The molecule has 0 saturated carbocycles. The summed E-state index contributed by atoms with van der Waals surface area (Å²) in [4.78, 5) is 17.1. The van der Waals surface area contributed by atoms with Gasteiger partial charge in [-0.3, -0.25) is 10.1 Å². The van der Waals surface area contributed by atoms with Gasteiger partial charge in [0.05, 0.1) is 10.2 Å². The second kappa shape index (κ2) is 8.34. The van der Waals surface area contributed by atoms with Crippen LogP contribution in [0.2, 0.25) is 0 Å². The summed E-state index contributed by atoms with van der Waals surface area (Å²) in [5, 5.41) is 7.04. The summed E-state index contributed by atoms with van der Waals surface area (Å²) in [5.41, 5.74) is 6.90. The van der Waals surface area contributed by atoms with Gasteiger partial charge in [-0.25, -0.2) is 4.98 Å². The number of hydrogen-bond donors (Lipinski definition) is 2. The first kappa shape index (κ1) is 20.2. The van der Waals surface area contributed by atoms with Crippen molar-refractivity contribution in [2.24, 2.45) is 0 Å². The van der Waals surface area contributed by atoms with Gasteiger partial charge in [0.15, 0.2) is 5.11 Å². The quantitative estimate of drug-likeness (QED) is 0.390. The Kier molecular flexibility index (Phi) is 5.61. The maximum absolute atomic E-state index is 12.4. The molecule has 0 aliphatic rings. The van der Waals surface area contributed by atoms with Gasteiger partial charge in [0, 0.05) is 16.8 Å². The molecule has 0 saturated heterocycles. The van der Waals surface area contributed by atoms with Gasteiger partial charge >= 0.3 is 0 Å². The van der Waals surface area contributed by atoms with Gasteiger partial charge in [-0.2, -0.15) is 0 Å². The molecule has 0 fully saturated rings. The minimum absolute atomic E-state index is 0.225. The molecule has 0 atom stereocenters. The van der Waals surface area contributed by atoms with Crippen LogP contribution in [0.1, 0.15) is 27.0 Å². The molecule has 4 nitrogen and oxygen atoms in total. The fraction of sp³-hybridized carbons (Fsp3) is 0.125. The highest BCUT2D eigenvalue weighted by Crippen LogP contribution is 2.31. The molecular formula is C24H21N3OS2. The molecule has 1 aromatic heterocycles. The summed E-state index contributed by atoms with van der Waals surface area (Å²) < 4.78 is 1.18. The van der Waals surface area contributed by atoms with E-state index in [1.807, 2.05) is 50.2 Å². The lowest BCUT2D eigenvalue weighted by molar-refractivity contribution is 0.0977. The van der Waals surface area contributed by atoms with Crippen LogP contribution in [0.4, 0.5) is 5.69 Å². The normalized spacial score (nSPS) is 10.8. The second-order valence-corrected chi connectivity index (χ2v) is 8.71. The lowest BCUT2D eigenvalue weighted by Gasteiger charge is -2.11. The van der Waals surface area contributed by atoms with E-state index in [0.717, 1.165) is 32.9 Å². The highest BCUT2D eigenvalue weighted by molar-refractivity contribution is 7.80. The Morgan fingerprint density at radius 3 is 2.43 bits per heavy atom. The summed E-state index contributed by atoms with van der Waals surface area (Å²) in [6, 6.07) is 19.7. The van der Waals surface area contributed by atoms with E-state index < -0.39 is 0 Å². The van der Waals surface area contributed by atoms with Gasteiger partial charge in [-0.05, 0) is 98.2 Å². The number of carbonyl (C=O) groups excluding carboxylic acids is 1. The summed E-state index contributed by atoms with van der Waals surface area (Å²) in [7, 11) is 0. The van der Waals surface area contributed by atoms with Crippen molar-refractivity contribution in [3.63, 3.8) is 0 Å². The average molecular weight is 432 g/mol. The highest BCUT2D eigenvalue weighted by atomic mass is 32.1. The van der Waals surface area contributed by atoms with Crippen LogP contribution in [0.15, 0.2) is 60.7 Å². The van der Waals surface area contributed by atoms with E-state index in [-0.39, 0.29) is 11.0 Å². The van der Waals surface area contributed by atoms with Crippen LogP contribution in [-0.4, -0.2) is 16.0 Å². The molecule has 0 unspecified atom stereocenters. The number of thiazole rings is 1. The average Bonchev–Trinajstić information content (AvgIpc) is 3.13. The first-order valence-electron chi connectivity index (χ1n) is 9.56. The number of anilines is 1. The number of aromatic nitrogens is 1. The van der Waals surface area contributed by atoms with Crippen molar-refractivity contribution in [3.8, 4) is 10.6 Å². The first-order chi connectivity index (χ1) is 14.4. The standard InChI is InChI=1S/C24H21N3OS2/c1-14-4-11-20-21(12-14)30-23(26-20)17-7-9-19(10-8-17)25-24(29)27-22(28)18-6-5-15(2)16(3)13-18/h4-13H,1-3H3,(H2,25,27,28,29). The Labute approximate surface area is 185 Å². The smallest absolute Gasteiger partial charge is 0.257 e. The fourth-order valence-electron chi connectivity index (χ4n) is 3.07. The SMILES string of the molecule is Cc1ccc2nc(-c3ccc(NC(=S)NC(=O)c4ccc(C)c(C)c4)cc3)sc2c1. The predicted octanol–water partition coefficient (Wildman–Crippen LogP) is 6.02. The van der Waals surface area contributed by atoms with Gasteiger partial charge in [0.1, 0.15) is 5.01 Å². The minimum atomic E-state index is -0.225. The predicted molar refractivity (Wildman–Crippen MR) is 129 cm³/mol. The largest absolute Gasteiger partial charge is 0.332 e. The Bertz CT molecular complexity index is 1260. The second-order valence-electron chi connectivity index (χ2n) is 7.27. The summed E-state index contributed by atoms with van der Waals surface area (Å²) in [5.74, 6) is -0.225. The molecule has 0 bridgehead atoms. The fourth-order valence-corrected chi connectivity index (χ4v) is 4.35. The third-order valence-electron chi connectivity index (χ3n) is 4.93. The number of rotatable bonds is 3. The maximum atomic E-state index is 12.4. The zero-order valence-electron chi connectivity index (χ0n) is 16.9. The Balaban J connectivity index is 1.42. The first-order valence-corrected chi connectivity index (χ1v) is 10.8. The highest BCUT2D eigenvalue weighted by Gasteiger charge is 2.10. The maximum Gasteiger partial charge on any atom is 0.257 e. The van der Waals surface area contributed by atoms with E-state index >= 15 is 0 Å². The zero-order valence-corrected chi connectivity index (χ0v) is 18.6. The van der Waals surface area contributed by atoms with E-state index in [4.69, 9.17) is 17.2 Å². The van der Waals surface area contributed by atoms with Gasteiger partial charge in [-0.15, -0.1) is 11.3 Å². The van der Waals surface area contributed by atoms with Crippen LogP contribution >= 0.6 is 23.6 Å². The van der Waals surface area contributed by atoms with Gasteiger partial charge in [-0.1, -0.05) is 12.1 Å². The van der Waals surface area contributed by atoms with Crippen molar-refractivity contribution in [3.05, 3.63) is 82.9 Å². The van der Waals surface area contributed by atoms with Gasteiger partial charge < -0.3 is 5.32 Å². The lowest BCUT2D eigenvalue weighted by Crippen LogP contribution is -2.34. The Morgan fingerprint density at radius 2 is 1.70 bits per heavy atom. The van der Waals surface area contributed by atoms with E-state index in [0.29, 0.717) is 5.56 Å². The van der Waals surface area contributed by atoms with Gasteiger partial charge in [0.2, 0.25) is 0 Å². The molecule has 3 aromatic carbocycles. The lowest BCUT2D eigenvalue weighted by atomic mass is 10.1. The number of hydrogen-bond acceptors (Lipinski definition) is 4. The molecule has 6 heteroatoms. The molecule has 1 amide bonds. The molecular weight excluding hydrogens is 410 g/mol. The van der Waals surface area contributed by atoms with E-state index in [1.54, 1.807) is 17.4 Å². The number of fused-ring (bicyclic) bond motifs is 1. The van der Waals surface area contributed by atoms with Crippen LogP contribution in [-0.2, 0) is 0 Å². The molecule has 0 aliphatic heterocycles. The molecule has 2 N–H and O–H groups in total. The Hall–Kier alpha value is -3.09. The molecule has 1 heterocycles. The van der Waals surface area contributed by atoms with Crippen molar-refractivity contribution < 1.29 is 4.79 Å². The number of nitrogens with one attached hydrogen (secondary N) is 2. The van der Waals surface area contributed by atoms with Crippen LogP contribution in [0.3, 0.4) is 0 Å². The number of carbonyl (C=O) groups is 1. The van der Waals surface area contributed by atoms with Crippen molar-refractivity contribution in [2.45, 2.75) is 20.8 Å². The third-order valence-corrected chi connectivity index (χ3v) is 6.20. The van der Waals surface area contributed by atoms with Crippen molar-refractivity contribution in [2.75, 3.05) is 5.32 Å². The van der Waals surface area contributed by atoms with Crippen LogP contribution in [0.25, 0.3) is 20.8 Å². The number of benzene rings is 3.